The molecule has 3 fully saturated rings. The molecule has 5 heteroatoms. The van der Waals surface area contributed by atoms with Gasteiger partial charge in [0, 0.05) is 19.5 Å². The summed E-state index contributed by atoms with van der Waals surface area (Å²) in [6.45, 7) is 4.07. The number of carbonyl (C=O) groups is 2. The molecule has 0 aromatic rings. The minimum atomic E-state index is 0.0427. The van der Waals surface area contributed by atoms with E-state index < -0.39 is 0 Å². The van der Waals surface area contributed by atoms with Crippen molar-refractivity contribution in [2.75, 3.05) is 32.7 Å². The molecule has 1 aliphatic carbocycles. The van der Waals surface area contributed by atoms with E-state index in [0.717, 1.165) is 63.2 Å². The van der Waals surface area contributed by atoms with E-state index in [0.29, 0.717) is 6.42 Å². The summed E-state index contributed by atoms with van der Waals surface area (Å²) in [4.78, 5) is 26.2. The summed E-state index contributed by atoms with van der Waals surface area (Å²) in [5, 5.41) is 6.28. The molecule has 0 radical (unpaired) electrons. The number of hydrogen-bond donors (Lipinski definition) is 2. The van der Waals surface area contributed by atoms with Gasteiger partial charge >= 0.3 is 0 Å². The number of fused-ring (bicyclic) bond motifs is 1. The van der Waals surface area contributed by atoms with E-state index in [1.807, 2.05) is 4.90 Å². The van der Waals surface area contributed by atoms with Crippen molar-refractivity contribution in [2.45, 2.75) is 51.4 Å². The number of hydrogen-bond acceptors (Lipinski definition) is 3. The predicted molar refractivity (Wildman–Crippen MR) is 89.9 cm³/mol. The standard InChI is InChI=1S/C18H31N3O2/c22-17(6-5-14-3-1-2-4-14)20-13-18(23)21-9-7-15-11-19-12-16(15)8-10-21/h14-16,19H,1-13H2,(H,20,22)/t15-,16+. The number of nitrogens with zero attached hydrogens (tertiary/aromatic N) is 1. The molecule has 2 heterocycles. The highest BCUT2D eigenvalue weighted by Crippen LogP contribution is 2.28. The third-order valence-corrected chi connectivity index (χ3v) is 6.06. The summed E-state index contributed by atoms with van der Waals surface area (Å²) in [7, 11) is 0. The van der Waals surface area contributed by atoms with Crippen molar-refractivity contribution in [1.82, 2.24) is 15.5 Å². The van der Waals surface area contributed by atoms with Crippen LogP contribution in [0.15, 0.2) is 0 Å². The molecule has 2 aliphatic heterocycles. The van der Waals surface area contributed by atoms with E-state index in [2.05, 4.69) is 10.6 Å². The van der Waals surface area contributed by atoms with Gasteiger partial charge in [-0.05, 0) is 50.1 Å². The quantitative estimate of drug-likeness (QED) is 0.807. The molecule has 1 saturated carbocycles. The van der Waals surface area contributed by atoms with Gasteiger partial charge in [0.05, 0.1) is 6.54 Å². The number of nitrogens with one attached hydrogen (secondary N) is 2. The average Bonchev–Trinajstić information content (AvgIpc) is 3.19. The fraction of sp³-hybridized carbons (Fsp3) is 0.889. The van der Waals surface area contributed by atoms with Gasteiger partial charge in [-0.2, -0.15) is 0 Å². The first-order valence-electron chi connectivity index (χ1n) is 9.47. The molecule has 130 valence electrons. The van der Waals surface area contributed by atoms with Crippen molar-refractivity contribution in [1.29, 1.82) is 0 Å². The van der Waals surface area contributed by atoms with Gasteiger partial charge in [-0.3, -0.25) is 9.59 Å². The molecule has 23 heavy (non-hydrogen) atoms. The summed E-state index contributed by atoms with van der Waals surface area (Å²) in [5.74, 6) is 2.32. The lowest BCUT2D eigenvalue weighted by molar-refractivity contribution is -0.133. The summed E-state index contributed by atoms with van der Waals surface area (Å²) < 4.78 is 0. The van der Waals surface area contributed by atoms with Crippen LogP contribution in [0.3, 0.4) is 0 Å². The SMILES string of the molecule is O=C(CCC1CCCC1)NCC(=O)N1CC[C@@H]2CNC[C@@H]2CC1. The van der Waals surface area contributed by atoms with Gasteiger partial charge in [0.25, 0.3) is 0 Å². The smallest absolute Gasteiger partial charge is 0.241 e. The van der Waals surface area contributed by atoms with Crippen LogP contribution in [-0.2, 0) is 9.59 Å². The highest BCUT2D eigenvalue weighted by Gasteiger charge is 2.31. The molecule has 0 aromatic heterocycles. The van der Waals surface area contributed by atoms with Crippen LogP contribution in [-0.4, -0.2) is 49.4 Å². The first kappa shape index (κ1) is 16.7. The fourth-order valence-corrected chi connectivity index (χ4v) is 4.48. The normalized spacial score (nSPS) is 28.4. The lowest BCUT2D eigenvalue weighted by atomic mass is 9.92. The van der Waals surface area contributed by atoms with Gasteiger partial charge in [0.15, 0.2) is 0 Å². The van der Waals surface area contributed by atoms with Gasteiger partial charge < -0.3 is 15.5 Å². The Labute approximate surface area is 139 Å². The van der Waals surface area contributed by atoms with Gasteiger partial charge in [-0.15, -0.1) is 0 Å². The second-order valence-electron chi connectivity index (χ2n) is 7.60. The monoisotopic (exact) mass is 321 g/mol. The predicted octanol–water partition coefficient (Wildman–Crippen LogP) is 1.53. The highest BCUT2D eigenvalue weighted by atomic mass is 16.2. The molecule has 0 bridgehead atoms. The summed E-state index contributed by atoms with van der Waals surface area (Å²) >= 11 is 0. The zero-order valence-corrected chi connectivity index (χ0v) is 14.2. The maximum atomic E-state index is 12.3. The lowest BCUT2D eigenvalue weighted by Crippen LogP contribution is -2.41. The molecule has 3 rings (SSSR count). The molecular weight excluding hydrogens is 290 g/mol. The Morgan fingerprint density at radius 2 is 1.65 bits per heavy atom. The highest BCUT2D eigenvalue weighted by molar-refractivity contribution is 5.84. The fourth-order valence-electron chi connectivity index (χ4n) is 4.48. The summed E-state index contributed by atoms with van der Waals surface area (Å²) in [5.41, 5.74) is 0. The molecule has 2 saturated heterocycles. The molecular formula is C18H31N3O2. The summed E-state index contributed by atoms with van der Waals surface area (Å²) in [6.07, 6.45) is 8.94. The van der Waals surface area contributed by atoms with Crippen LogP contribution in [0, 0.1) is 17.8 Å². The molecule has 2 amide bonds. The largest absolute Gasteiger partial charge is 0.347 e. The number of amides is 2. The lowest BCUT2D eigenvalue weighted by Gasteiger charge is -2.21. The van der Waals surface area contributed by atoms with Crippen LogP contribution >= 0.6 is 0 Å². The summed E-state index contributed by atoms with van der Waals surface area (Å²) in [6, 6.07) is 0. The van der Waals surface area contributed by atoms with E-state index in [1.54, 1.807) is 0 Å². The zero-order valence-electron chi connectivity index (χ0n) is 14.2. The van der Waals surface area contributed by atoms with Crippen LogP contribution in [0.25, 0.3) is 0 Å². The number of carbonyl (C=O) groups excluding carboxylic acids is 2. The first-order valence-corrected chi connectivity index (χ1v) is 9.47. The molecule has 0 unspecified atom stereocenters. The van der Waals surface area contributed by atoms with Crippen molar-refractivity contribution >= 4 is 11.8 Å². The molecule has 2 N–H and O–H groups in total. The second kappa shape index (κ2) is 8.13. The molecule has 5 nitrogen and oxygen atoms in total. The second-order valence-corrected chi connectivity index (χ2v) is 7.60. The third kappa shape index (κ3) is 4.69. The van der Waals surface area contributed by atoms with Gasteiger partial charge in [-0.1, -0.05) is 25.7 Å². The molecule has 3 aliphatic rings. The van der Waals surface area contributed by atoms with E-state index in [-0.39, 0.29) is 18.4 Å². The minimum absolute atomic E-state index is 0.0427. The molecule has 2 atom stereocenters. The molecule has 0 aromatic carbocycles. The van der Waals surface area contributed by atoms with Crippen LogP contribution < -0.4 is 10.6 Å². The van der Waals surface area contributed by atoms with Crippen LogP contribution in [0.4, 0.5) is 0 Å². The van der Waals surface area contributed by atoms with Crippen LogP contribution in [0.2, 0.25) is 0 Å². The van der Waals surface area contributed by atoms with Crippen molar-refractivity contribution in [3.63, 3.8) is 0 Å². The van der Waals surface area contributed by atoms with Crippen molar-refractivity contribution in [3.05, 3.63) is 0 Å². The zero-order chi connectivity index (χ0) is 16.1. The first-order chi connectivity index (χ1) is 11.2. The van der Waals surface area contributed by atoms with Gasteiger partial charge in [0.1, 0.15) is 0 Å². The Morgan fingerprint density at radius 1 is 1.00 bits per heavy atom. The topological polar surface area (TPSA) is 61.4 Å². The maximum Gasteiger partial charge on any atom is 0.241 e. The Hall–Kier alpha value is -1.10. The Morgan fingerprint density at radius 3 is 2.30 bits per heavy atom. The average molecular weight is 321 g/mol. The van der Waals surface area contributed by atoms with Gasteiger partial charge in [0.2, 0.25) is 11.8 Å². The number of rotatable bonds is 5. The Kier molecular flexibility index (Phi) is 5.92. The van der Waals surface area contributed by atoms with E-state index >= 15 is 0 Å². The maximum absolute atomic E-state index is 12.3. The van der Waals surface area contributed by atoms with Gasteiger partial charge in [-0.25, -0.2) is 0 Å². The molecule has 0 spiro atoms. The number of likely N-dealkylation sites (tertiary alicyclic amines) is 1. The van der Waals surface area contributed by atoms with Crippen molar-refractivity contribution in [3.8, 4) is 0 Å². The van der Waals surface area contributed by atoms with Crippen LogP contribution in [0.5, 0.6) is 0 Å². The Balaban J connectivity index is 1.34. The van der Waals surface area contributed by atoms with E-state index in [1.165, 1.54) is 25.7 Å². The van der Waals surface area contributed by atoms with Crippen molar-refractivity contribution < 1.29 is 9.59 Å². The van der Waals surface area contributed by atoms with Crippen LogP contribution in [0.1, 0.15) is 51.4 Å². The van der Waals surface area contributed by atoms with E-state index in [4.69, 9.17) is 0 Å². The Bertz CT molecular complexity index is 406. The van der Waals surface area contributed by atoms with Crippen molar-refractivity contribution in [2.24, 2.45) is 17.8 Å². The minimum Gasteiger partial charge on any atom is -0.347 e. The third-order valence-electron chi connectivity index (χ3n) is 6.06. The van der Waals surface area contributed by atoms with E-state index in [9.17, 15) is 9.59 Å².